The molecule has 0 aliphatic rings. The van der Waals surface area contributed by atoms with E-state index in [4.69, 9.17) is 4.74 Å². The van der Waals surface area contributed by atoms with E-state index in [1.165, 1.54) is 14.2 Å². The lowest BCUT2D eigenvalue weighted by Crippen LogP contribution is -2.40. The van der Waals surface area contributed by atoms with Crippen molar-refractivity contribution in [2.45, 2.75) is 26.4 Å². The molecule has 2 amide bonds. The second-order valence-corrected chi connectivity index (χ2v) is 5.77. The quantitative estimate of drug-likeness (QED) is 0.857. The molecule has 1 rings (SSSR count). The van der Waals surface area contributed by atoms with Crippen LogP contribution in [0.5, 0.6) is 0 Å². The van der Waals surface area contributed by atoms with Crippen LogP contribution in [-0.4, -0.2) is 44.3 Å². The van der Waals surface area contributed by atoms with Crippen molar-refractivity contribution in [2.24, 2.45) is 0 Å². The summed E-state index contributed by atoms with van der Waals surface area (Å²) in [5.41, 5.74) is 0.170. The first-order chi connectivity index (χ1) is 10.7. The second kappa shape index (κ2) is 7.62. The van der Waals surface area contributed by atoms with Gasteiger partial charge < -0.3 is 14.8 Å². The number of amides is 2. The molecule has 1 aromatic carbocycles. The highest BCUT2D eigenvalue weighted by Crippen LogP contribution is 2.19. The number of carbonyl (C=O) groups excluding carboxylic acids is 3. The summed E-state index contributed by atoms with van der Waals surface area (Å²) >= 11 is 0. The third-order valence-electron chi connectivity index (χ3n) is 2.80. The van der Waals surface area contributed by atoms with Gasteiger partial charge in [-0.05, 0) is 45.0 Å². The molecule has 0 aliphatic carbocycles. The standard InChI is InChI=1S/C16H22N2O5/c1-16(2,3)23-15(21)18(10-13(19)22-5)12-8-6-11(7-9-12)14(20)17-4/h6-9H,10H2,1-5H3,(H,17,20). The van der Waals surface area contributed by atoms with E-state index < -0.39 is 17.7 Å². The minimum absolute atomic E-state index is 0.242. The molecule has 0 unspecified atom stereocenters. The van der Waals surface area contributed by atoms with Gasteiger partial charge in [0.15, 0.2) is 0 Å². The minimum Gasteiger partial charge on any atom is -0.468 e. The van der Waals surface area contributed by atoms with Crippen LogP contribution in [0.15, 0.2) is 24.3 Å². The molecule has 0 bridgehead atoms. The van der Waals surface area contributed by atoms with Crippen molar-refractivity contribution in [3.8, 4) is 0 Å². The van der Waals surface area contributed by atoms with Crippen molar-refractivity contribution < 1.29 is 23.9 Å². The Morgan fingerprint density at radius 1 is 1.13 bits per heavy atom. The van der Waals surface area contributed by atoms with Gasteiger partial charge in [0.05, 0.1) is 7.11 Å². The molecule has 0 aromatic heterocycles. The first-order valence-electron chi connectivity index (χ1n) is 7.07. The number of benzene rings is 1. The van der Waals surface area contributed by atoms with Gasteiger partial charge in [0.25, 0.3) is 5.91 Å². The van der Waals surface area contributed by atoms with Gasteiger partial charge in [-0.25, -0.2) is 4.79 Å². The fourth-order valence-corrected chi connectivity index (χ4v) is 1.71. The lowest BCUT2D eigenvalue weighted by molar-refractivity contribution is -0.139. The maximum Gasteiger partial charge on any atom is 0.415 e. The van der Waals surface area contributed by atoms with Crippen molar-refractivity contribution in [1.82, 2.24) is 5.32 Å². The van der Waals surface area contributed by atoms with Gasteiger partial charge >= 0.3 is 12.1 Å². The zero-order chi connectivity index (χ0) is 17.6. The van der Waals surface area contributed by atoms with Gasteiger partial charge in [-0.2, -0.15) is 0 Å². The second-order valence-electron chi connectivity index (χ2n) is 5.77. The molecule has 7 nitrogen and oxygen atoms in total. The lowest BCUT2D eigenvalue weighted by atomic mass is 10.2. The SMILES string of the molecule is CNC(=O)c1ccc(N(CC(=O)OC)C(=O)OC(C)(C)C)cc1. The van der Waals surface area contributed by atoms with Crippen LogP contribution < -0.4 is 10.2 Å². The fraction of sp³-hybridized carbons (Fsp3) is 0.438. The summed E-state index contributed by atoms with van der Waals surface area (Å²) in [5, 5.41) is 2.51. The number of ether oxygens (including phenoxy) is 2. The molecule has 0 saturated carbocycles. The smallest absolute Gasteiger partial charge is 0.415 e. The summed E-state index contributed by atoms with van der Waals surface area (Å²) in [5.74, 6) is -0.820. The number of rotatable bonds is 4. The van der Waals surface area contributed by atoms with Crippen molar-refractivity contribution >= 4 is 23.7 Å². The summed E-state index contributed by atoms with van der Waals surface area (Å²) in [6, 6.07) is 6.25. The van der Waals surface area contributed by atoms with Gasteiger partial charge in [-0.3, -0.25) is 14.5 Å². The maximum absolute atomic E-state index is 12.3. The molecule has 0 saturated heterocycles. The molecule has 1 N–H and O–H groups in total. The van der Waals surface area contributed by atoms with Crippen molar-refractivity contribution in [2.75, 3.05) is 25.6 Å². The molecule has 0 atom stereocenters. The predicted molar refractivity (Wildman–Crippen MR) is 85.4 cm³/mol. The van der Waals surface area contributed by atoms with Crippen LogP contribution in [0.4, 0.5) is 10.5 Å². The van der Waals surface area contributed by atoms with Crippen LogP contribution >= 0.6 is 0 Å². The van der Waals surface area contributed by atoms with E-state index in [1.807, 2.05) is 0 Å². The molecule has 0 heterocycles. The molecule has 23 heavy (non-hydrogen) atoms. The van der Waals surface area contributed by atoms with Gasteiger partial charge in [0.2, 0.25) is 0 Å². The van der Waals surface area contributed by atoms with Gasteiger partial charge in [0, 0.05) is 18.3 Å². The number of nitrogens with zero attached hydrogens (tertiary/aromatic N) is 1. The average molecular weight is 322 g/mol. The Kier molecular flexibility index (Phi) is 6.12. The van der Waals surface area contributed by atoms with Crippen LogP contribution in [0.2, 0.25) is 0 Å². The highest BCUT2D eigenvalue weighted by Gasteiger charge is 2.25. The van der Waals surface area contributed by atoms with Crippen LogP contribution in [0, 0.1) is 0 Å². The number of methoxy groups -OCH3 is 1. The molecule has 1 aromatic rings. The van der Waals surface area contributed by atoms with Crippen LogP contribution in [0.1, 0.15) is 31.1 Å². The van der Waals surface area contributed by atoms with E-state index in [-0.39, 0.29) is 12.5 Å². The van der Waals surface area contributed by atoms with Crippen LogP contribution in [-0.2, 0) is 14.3 Å². The van der Waals surface area contributed by atoms with E-state index >= 15 is 0 Å². The molecular formula is C16H22N2O5. The monoisotopic (exact) mass is 322 g/mol. The summed E-state index contributed by atoms with van der Waals surface area (Å²) in [6.45, 7) is 4.91. The molecular weight excluding hydrogens is 300 g/mol. The zero-order valence-electron chi connectivity index (χ0n) is 14.0. The Hall–Kier alpha value is -2.57. The first kappa shape index (κ1) is 18.5. The molecule has 0 fully saturated rings. The average Bonchev–Trinajstić information content (AvgIpc) is 2.50. The van der Waals surface area contributed by atoms with Gasteiger partial charge in [0.1, 0.15) is 12.1 Å². The van der Waals surface area contributed by atoms with E-state index in [0.717, 1.165) is 4.90 Å². The van der Waals surface area contributed by atoms with Gasteiger partial charge in [-0.15, -0.1) is 0 Å². The summed E-state index contributed by atoms with van der Waals surface area (Å²) in [4.78, 5) is 36.6. The van der Waals surface area contributed by atoms with E-state index in [9.17, 15) is 14.4 Å². The normalized spacial score (nSPS) is 10.7. The maximum atomic E-state index is 12.3. The van der Waals surface area contributed by atoms with E-state index in [1.54, 1.807) is 45.0 Å². The third kappa shape index (κ3) is 5.61. The van der Waals surface area contributed by atoms with Crippen LogP contribution in [0.25, 0.3) is 0 Å². The minimum atomic E-state index is -0.701. The molecule has 0 radical (unpaired) electrons. The highest BCUT2D eigenvalue weighted by molar-refractivity contribution is 5.96. The highest BCUT2D eigenvalue weighted by atomic mass is 16.6. The molecule has 126 valence electrons. The van der Waals surface area contributed by atoms with Gasteiger partial charge in [-0.1, -0.05) is 0 Å². The Morgan fingerprint density at radius 3 is 2.13 bits per heavy atom. The fourth-order valence-electron chi connectivity index (χ4n) is 1.71. The largest absolute Gasteiger partial charge is 0.468 e. The zero-order valence-corrected chi connectivity index (χ0v) is 14.0. The number of nitrogens with one attached hydrogen (secondary N) is 1. The Balaban J connectivity index is 3.06. The summed E-state index contributed by atoms with van der Waals surface area (Å²) in [6.07, 6.45) is -0.671. The number of hydrogen-bond donors (Lipinski definition) is 1. The topological polar surface area (TPSA) is 84.9 Å². The first-order valence-corrected chi connectivity index (χ1v) is 7.07. The van der Waals surface area contributed by atoms with Crippen molar-refractivity contribution in [3.05, 3.63) is 29.8 Å². The lowest BCUT2D eigenvalue weighted by Gasteiger charge is -2.26. The Morgan fingerprint density at radius 2 is 1.70 bits per heavy atom. The molecule has 0 spiro atoms. The molecule has 0 aliphatic heterocycles. The number of carbonyl (C=O) groups is 3. The molecule has 7 heteroatoms. The summed E-state index contributed by atoms with van der Waals surface area (Å²) < 4.78 is 9.91. The Bertz CT molecular complexity index is 575. The van der Waals surface area contributed by atoms with Crippen molar-refractivity contribution in [3.63, 3.8) is 0 Å². The van der Waals surface area contributed by atoms with Crippen LogP contribution in [0.3, 0.4) is 0 Å². The number of anilines is 1. The number of hydrogen-bond acceptors (Lipinski definition) is 5. The Labute approximate surface area is 135 Å². The summed E-state index contributed by atoms with van der Waals surface area (Å²) in [7, 11) is 2.77. The van der Waals surface area contributed by atoms with Crippen molar-refractivity contribution in [1.29, 1.82) is 0 Å². The van der Waals surface area contributed by atoms with E-state index in [2.05, 4.69) is 10.1 Å². The van der Waals surface area contributed by atoms with E-state index in [0.29, 0.717) is 11.3 Å². The third-order valence-corrected chi connectivity index (χ3v) is 2.80. The predicted octanol–water partition coefficient (Wildman–Crippen LogP) is 1.96. The number of esters is 1.